The third-order valence-electron chi connectivity index (χ3n) is 4.09. The summed E-state index contributed by atoms with van der Waals surface area (Å²) in [6, 6.07) is 14.4. The van der Waals surface area contributed by atoms with Crippen molar-refractivity contribution in [2.24, 2.45) is 4.99 Å². The van der Waals surface area contributed by atoms with E-state index < -0.39 is 0 Å². The topological polar surface area (TPSA) is 61.8 Å². The second-order valence-corrected chi connectivity index (χ2v) is 5.59. The van der Waals surface area contributed by atoms with E-state index in [9.17, 15) is 9.59 Å². The van der Waals surface area contributed by atoms with Gasteiger partial charge in [-0.3, -0.25) is 14.6 Å². The molecule has 0 atom stereocenters. The molecule has 5 heteroatoms. The molecule has 2 heterocycles. The van der Waals surface area contributed by atoms with Gasteiger partial charge in [-0.25, -0.2) is 0 Å². The maximum absolute atomic E-state index is 12.5. The molecule has 0 fully saturated rings. The lowest BCUT2D eigenvalue weighted by Gasteiger charge is -2.22. The molecule has 0 radical (unpaired) electrons. The van der Waals surface area contributed by atoms with Gasteiger partial charge < -0.3 is 10.2 Å². The maximum Gasteiger partial charge on any atom is 0.255 e. The van der Waals surface area contributed by atoms with Gasteiger partial charge in [0.25, 0.3) is 5.91 Å². The third kappa shape index (κ3) is 2.30. The minimum Gasteiger partial charge on any atom is -0.323 e. The zero-order valence-corrected chi connectivity index (χ0v) is 12.5. The van der Waals surface area contributed by atoms with Crippen LogP contribution in [0.15, 0.2) is 53.5 Å². The first-order chi connectivity index (χ1) is 11.2. The minimum absolute atomic E-state index is 0.0597. The quantitative estimate of drug-likeness (QED) is 0.928. The Hall–Kier alpha value is -2.95. The number of ketones is 1. The van der Waals surface area contributed by atoms with Gasteiger partial charge in [-0.05, 0) is 36.8 Å². The maximum atomic E-state index is 12.5. The molecule has 0 aliphatic carbocycles. The lowest BCUT2D eigenvalue weighted by molar-refractivity contribution is 0.102. The molecule has 2 aliphatic rings. The van der Waals surface area contributed by atoms with Crippen LogP contribution in [-0.2, 0) is 0 Å². The Labute approximate surface area is 133 Å². The number of rotatable bonds is 2. The van der Waals surface area contributed by atoms with Gasteiger partial charge in [-0.1, -0.05) is 18.2 Å². The molecule has 114 valence electrons. The Morgan fingerprint density at radius 1 is 1.13 bits per heavy atom. The molecular formula is C18H15N3O2. The number of carbonyl (C=O) groups excluding carboxylic acids is 2. The molecular weight excluding hydrogens is 290 g/mol. The summed E-state index contributed by atoms with van der Waals surface area (Å²) in [5, 5.41) is 2.84. The van der Waals surface area contributed by atoms with E-state index in [-0.39, 0.29) is 11.7 Å². The van der Waals surface area contributed by atoms with Gasteiger partial charge in [0.2, 0.25) is 5.78 Å². The highest BCUT2D eigenvalue weighted by atomic mass is 16.1. The molecule has 0 unspecified atom stereocenters. The van der Waals surface area contributed by atoms with Crippen LogP contribution >= 0.6 is 0 Å². The second-order valence-electron chi connectivity index (χ2n) is 5.59. The van der Waals surface area contributed by atoms with Gasteiger partial charge >= 0.3 is 0 Å². The van der Waals surface area contributed by atoms with E-state index in [2.05, 4.69) is 10.3 Å². The smallest absolute Gasteiger partial charge is 0.255 e. The Kier molecular flexibility index (Phi) is 3.19. The van der Waals surface area contributed by atoms with Crippen molar-refractivity contribution >= 4 is 28.9 Å². The predicted molar refractivity (Wildman–Crippen MR) is 89.4 cm³/mol. The molecule has 2 aromatic rings. The first kappa shape index (κ1) is 13.7. The molecule has 1 N–H and O–H groups in total. The Balaban J connectivity index is 1.63. The summed E-state index contributed by atoms with van der Waals surface area (Å²) in [4.78, 5) is 31.0. The van der Waals surface area contributed by atoms with Crippen LogP contribution in [0.1, 0.15) is 27.1 Å². The highest BCUT2D eigenvalue weighted by Gasteiger charge is 2.35. The van der Waals surface area contributed by atoms with Gasteiger partial charge in [0, 0.05) is 24.3 Å². The largest absolute Gasteiger partial charge is 0.323 e. The van der Waals surface area contributed by atoms with Crippen molar-refractivity contribution in [1.82, 2.24) is 0 Å². The van der Waals surface area contributed by atoms with Gasteiger partial charge in [-0.2, -0.15) is 0 Å². The summed E-state index contributed by atoms with van der Waals surface area (Å²) in [6.07, 6.45) is 0.947. The molecule has 0 bridgehead atoms. The average Bonchev–Trinajstić information content (AvgIpc) is 2.89. The van der Waals surface area contributed by atoms with Crippen LogP contribution in [0.25, 0.3) is 0 Å². The SMILES string of the molecule is O=C(Nc1ccc2c(c1)C(=O)C1=NCCCN12)c1ccccc1. The number of hydrogen-bond donors (Lipinski definition) is 1. The number of aliphatic imine (C=N–C) groups is 1. The van der Waals surface area contributed by atoms with E-state index in [1.54, 1.807) is 18.2 Å². The first-order valence-corrected chi connectivity index (χ1v) is 7.61. The Morgan fingerprint density at radius 2 is 1.96 bits per heavy atom. The van der Waals surface area contributed by atoms with Crippen molar-refractivity contribution in [3.8, 4) is 0 Å². The average molecular weight is 305 g/mol. The Bertz CT molecular complexity index is 827. The van der Waals surface area contributed by atoms with Crippen LogP contribution in [0.2, 0.25) is 0 Å². The van der Waals surface area contributed by atoms with Crippen molar-refractivity contribution in [2.45, 2.75) is 6.42 Å². The number of Topliss-reactive ketones (excluding diaryl/α,β-unsaturated/α-hetero) is 1. The minimum atomic E-state index is -0.189. The van der Waals surface area contributed by atoms with Crippen LogP contribution in [0, 0.1) is 0 Å². The summed E-state index contributed by atoms with van der Waals surface area (Å²) in [6.45, 7) is 1.51. The van der Waals surface area contributed by atoms with Crippen LogP contribution in [-0.4, -0.2) is 30.6 Å². The molecule has 0 spiro atoms. The van der Waals surface area contributed by atoms with E-state index in [1.807, 2.05) is 35.2 Å². The molecule has 4 rings (SSSR count). The van der Waals surface area contributed by atoms with Crippen molar-refractivity contribution in [3.05, 3.63) is 59.7 Å². The number of benzene rings is 2. The summed E-state index contributed by atoms with van der Waals surface area (Å²) in [5.41, 5.74) is 2.69. The van der Waals surface area contributed by atoms with E-state index in [0.717, 1.165) is 18.7 Å². The van der Waals surface area contributed by atoms with E-state index in [1.165, 1.54) is 0 Å². The fourth-order valence-corrected chi connectivity index (χ4v) is 2.98. The summed E-state index contributed by atoms with van der Waals surface area (Å²) in [5.74, 6) is 0.277. The van der Waals surface area contributed by atoms with Crippen molar-refractivity contribution in [2.75, 3.05) is 23.3 Å². The lowest BCUT2D eigenvalue weighted by atomic mass is 10.1. The number of hydrogen-bond acceptors (Lipinski definition) is 4. The van der Waals surface area contributed by atoms with Crippen LogP contribution in [0.4, 0.5) is 11.4 Å². The van der Waals surface area contributed by atoms with Gasteiger partial charge in [0.15, 0.2) is 5.84 Å². The Morgan fingerprint density at radius 3 is 2.78 bits per heavy atom. The standard InChI is InChI=1S/C18H15N3O2/c22-16-14-11-13(20-18(23)12-5-2-1-3-6-12)7-8-15(14)21-10-4-9-19-17(16)21/h1-3,5-8,11H,4,9-10H2,(H,20,23). The fourth-order valence-electron chi connectivity index (χ4n) is 2.98. The van der Waals surface area contributed by atoms with Gasteiger partial charge in [0.1, 0.15) is 0 Å². The number of fused-ring (bicyclic) bond motifs is 3. The van der Waals surface area contributed by atoms with Crippen molar-refractivity contribution in [1.29, 1.82) is 0 Å². The van der Waals surface area contributed by atoms with Crippen molar-refractivity contribution < 1.29 is 9.59 Å². The zero-order valence-electron chi connectivity index (χ0n) is 12.5. The van der Waals surface area contributed by atoms with Crippen molar-refractivity contribution in [3.63, 3.8) is 0 Å². The van der Waals surface area contributed by atoms with Gasteiger partial charge in [0.05, 0.1) is 11.3 Å². The number of anilines is 2. The summed E-state index contributed by atoms with van der Waals surface area (Å²) in [7, 11) is 0. The molecule has 2 aromatic carbocycles. The number of carbonyl (C=O) groups is 2. The van der Waals surface area contributed by atoms with E-state index in [0.29, 0.717) is 29.2 Å². The van der Waals surface area contributed by atoms with Crippen LogP contribution in [0.3, 0.4) is 0 Å². The second kappa shape index (κ2) is 5.35. The molecule has 1 amide bonds. The highest BCUT2D eigenvalue weighted by molar-refractivity contribution is 6.54. The van der Waals surface area contributed by atoms with Crippen LogP contribution < -0.4 is 10.2 Å². The summed E-state index contributed by atoms with van der Waals surface area (Å²) >= 11 is 0. The number of nitrogens with zero attached hydrogens (tertiary/aromatic N) is 2. The first-order valence-electron chi connectivity index (χ1n) is 7.61. The summed E-state index contributed by atoms with van der Waals surface area (Å²) < 4.78 is 0. The molecule has 2 aliphatic heterocycles. The zero-order chi connectivity index (χ0) is 15.8. The van der Waals surface area contributed by atoms with Gasteiger partial charge in [-0.15, -0.1) is 0 Å². The third-order valence-corrected chi connectivity index (χ3v) is 4.09. The normalized spacial score (nSPS) is 15.7. The highest BCUT2D eigenvalue weighted by Crippen LogP contribution is 2.33. The number of amides is 1. The number of nitrogens with one attached hydrogen (secondary N) is 1. The fraction of sp³-hybridized carbons (Fsp3) is 0.167. The van der Waals surface area contributed by atoms with E-state index >= 15 is 0 Å². The van der Waals surface area contributed by atoms with E-state index in [4.69, 9.17) is 0 Å². The lowest BCUT2D eigenvalue weighted by Crippen LogP contribution is -2.34. The van der Waals surface area contributed by atoms with Crippen LogP contribution in [0.5, 0.6) is 0 Å². The molecule has 5 nitrogen and oxygen atoms in total. The molecule has 0 saturated heterocycles. The number of amidine groups is 1. The molecule has 23 heavy (non-hydrogen) atoms. The molecule has 0 saturated carbocycles. The molecule has 0 aromatic heterocycles. The monoisotopic (exact) mass is 305 g/mol. The predicted octanol–water partition coefficient (Wildman–Crippen LogP) is 2.74.